The van der Waals surface area contributed by atoms with Crippen molar-refractivity contribution in [3.8, 4) is 17.0 Å². The average Bonchev–Trinajstić information content (AvgIpc) is 3.46. The van der Waals surface area contributed by atoms with Crippen molar-refractivity contribution in [2.45, 2.75) is 6.92 Å². The molecule has 0 bridgehead atoms. The van der Waals surface area contributed by atoms with Gasteiger partial charge in [-0.05, 0) is 89.1 Å². The summed E-state index contributed by atoms with van der Waals surface area (Å²) in [6.07, 6.45) is 1.46. The Morgan fingerprint density at radius 1 is 1.00 bits per heavy atom. The SMILES string of the molecule is Cc1cccc(NC(=O)COc2c(Br)cc(Br)cc2/C=N\NC(=O)c2ccc(-c3csc(Nc4ccc(Cl)cc4)n3)cc2)c1. The number of nitrogens with one attached hydrogen (secondary N) is 3. The van der Waals surface area contributed by atoms with E-state index in [0.29, 0.717) is 32.1 Å². The van der Waals surface area contributed by atoms with Gasteiger partial charge in [0.15, 0.2) is 11.7 Å². The lowest BCUT2D eigenvalue weighted by Gasteiger charge is -2.12. The zero-order valence-electron chi connectivity index (χ0n) is 23.1. The quantitative estimate of drug-likeness (QED) is 0.0977. The number of rotatable bonds is 10. The van der Waals surface area contributed by atoms with E-state index < -0.39 is 0 Å². The molecule has 0 aliphatic carbocycles. The minimum Gasteiger partial charge on any atom is -0.482 e. The van der Waals surface area contributed by atoms with Crippen LogP contribution in [0.15, 0.2) is 104 Å². The molecule has 0 unspecified atom stereocenters. The molecule has 0 spiro atoms. The number of nitrogens with zero attached hydrogens (tertiary/aromatic N) is 2. The van der Waals surface area contributed by atoms with Crippen LogP contribution in [0, 0.1) is 6.92 Å². The number of carbonyl (C=O) groups excluding carboxylic acids is 2. The van der Waals surface area contributed by atoms with Crippen LogP contribution >= 0.6 is 54.8 Å². The fraction of sp³-hybridized carbons (Fsp3) is 0.0625. The number of hydrazone groups is 1. The number of halogens is 3. The molecule has 0 aliphatic rings. The number of aromatic nitrogens is 1. The van der Waals surface area contributed by atoms with Gasteiger partial charge in [-0.3, -0.25) is 9.59 Å². The number of thiazole rings is 1. The monoisotopic (exact) mass is 751 g/mol. The van der Waals surface area contributed by atoms with Crippen LogP contribution in [-0.2, 0) is 4.79 Å². The number of hydrogen-bond donors (Lipinski definition) is 3. The molecule has 222 valence electrons. The minimum absolute atomic E-state index is 0.217. The van der Waals surface area contributed by atoms with Gasteiger partial charge in [-0.1, -0.05) is 51.8 Å². The van der Waals surface area contributed by atoms with E-state index in [1.807, 2.05) is 73.0 Å². The summed E-state index contributed by atoms with van der Waals surface area (Å²) in [5.41, 5.74) is 7.80. The molecule has 12 heteroatoms. The summed E-state index contributed by atoms with van der Waals surface area (Å²) in [6.45, 7) is 1.73. The summed E-state index contributed by atoms with van der Waals surface area (Å²) in [6, 6.07) is 25.5. The molecule has 0 saturated heterocycles. The van der Waals surface area contributed by atoms with Crippen LogP contribution in [0.4, 0.5) is 16.5 Å². The second kappa shape index (κ2) is 14.6. The molecular formula is C32H24Br2ClN5O3S. The summed E-state index contributed by atoms with van der Waals surface area (Å²) in [5.74, 6) is -0.287. The molecule has 2 amide bonds. The summed E-state index contributed by atoms with van der Waals surface area (Å²) in [4.78, 5) is 29.9. The highest BCUT2D eigenvalue weighted by atomic mass is 79.9. The highest BCUT2D eigenvalue weighted by Gasteiger charge is 2.13. The third-order valence-electron chi connectivity index (χ3n) is 6.10. The van der Waals surface area contributed by atoms with Crippen LogP contribution < -0.4 is 20.8 Å². The summed E-state index contributed by atoms with van der Waals surface area (Å²) >= 11 is 14.4. The first-order valence-corrected chi connectivity index (χ1v) is 16.0. The number of hydrogen-bond acceptors (Lipinski definition) is 7. The Bertz CT molecular complexity index is 1830. The molecule has 4 aromatic carbocycles. The molecular weight excluding hydrogens is 730 g/mol. The van der Waals surface area contributed by atoms with Gasteiger partial charge in [0, 0.05) is 42.9 Å². The highest BCUT2D eigenvalue weighted by molar-refractivity contribution is 9.11. The van der Waals surface area contributed by atoms with E-state index in [9.17, 15) is 9.59 Å². The van der Waals surface area contributed by atoms with Gasteiger partial charge in [0.05, 0.1) is 16.4 Å². The minimum atomic E-state index is -0.384. The van der Waals surface area contributed by atoms with E-state index >= 15 is 0 Å². The van der Waals surface area contributed by atoms with Crippen molar-refractivity contribution in [1.29, 1.82) is 0 Å². The molecule has 44 heavy (non-hydrogen) atoms. The molecule has 0 saturated carbocycles. The van der Waals surface area contributed by atoms with E-state index in [1.54, 1.807) is 24.3 Å². The van der Waals surface area contributed by atoms with Gasteiger partial charge in [0.2, 0.25) is 0 Å². The van der Waals surface area contributed by atoms with E-state index in [-0.39, 0.29) is 18.4 Å². The molecule has 1 aromatic heterocycles. The zero-order valence-corrected chi connectivity index (χ0v) is 27.9. The third-order valence-corrected chi connectivity index (χ3v) is 8.16. The fourth-order valence-corrected chi connectivity index (χ4v) is 6.26. The average molecular weight is 754 g/mol. The second-order valence-corrected chi connectivity index (χ2v) is 12.5. The Morgan fingerprint density at radius 3 is 2.52 bits per heavy atom. The van der Waals surface area contributed by atoms with E-state index in [1.165, 1.54) is 17.6 Å². The Labute approximate surface area is 279 Å². The molecule has 0 radical (unpaired) electrons. The van der Waals surface area contributed by atoms with Gasteiger partial charge in [-0.15, -0.1) is 11.3 Å². The predicted molar refractivity (Wildman–Crippen MR) is 184 cm³/mol. The Morgan fingerprint density at radius 2 is 1.77 bits per heavy atom. The smallest absolute Gasteiger partial charge is 0.271 e. The zero-order chi connectivity index (χ0) is 31.1. The van der Waals surface area contributed by atoms with Crippen molar-refractivity contribution in [1.82, 2.24) is 10.4 Å². The number of anilines is 3. The van der Waals surface area contributed by atoms with Gasteiger partial charge in [0.25, 0.3) is 11.8 Å². The summed E-state index contributed by atoms with van der Waals surface area (Å²) in [7, 11) is 0. The first-order valence-electron chi connectivity index (χ1n) is 13.1. The Balaban J connectivity index is 1.19. The standard InChI is InChI=1S/C32H24Br2ClN5O3S/c1-19-3-2-4-26(13-19)37-29(41)17-43-30-22(14-23(33)15-27(30)34)16-36-40-31(42)21-7-5-20(6-8-21)28-18-44-32(39-28)38-25-11-9-24(35)10-12-25/h2-16,18H,17H2,1H3,(H,37,41)(H,38,39)(H,40,42)/b36-16-. The van der Waals surface area contributed by atoms with Gasteiger partial charge in [-0.2, -0.15) is 5.10 Å². The van der Waals surface area contributed by atoms with Gasteiger partial charge in [-0.25, -0.2) is 10.4 Å². The molecule has 3 N–H and O–H groups in total. The number of aryl methyl sites for hydroxylation is 1. The number of ether oxygens (including phenoxy) is 1. The van der Waals surface area contributed by atoms with Crippen molar-refractivity contribution in [2.24, 2.45) is 5.10 Å². The number of amides is 2. The Kier molecular flexibility index (Phi) is 10.4. The van der Waals surface area contributed by atoms with Crippen LogP contribution in [0.25, 0.3) is 11.3 Å². The van der Waals surface area contributed by atoms with Gasteiger partial charge >= 0.3 is 0 Å². The van der Waals surface area contributed by atoms with Crippen molar-refractivity contribution < 1.29 is 14.3 Å². The van der Waals surface area contributed by atoms with Gasteiger partial charge < -0.3 is 15.4 Å². The second-order valence-electron chi connectivity index (χ2n) is 9.46. The van der Waals surface area contributed by atoms with Crippen LogP contribution in [-0.4, -0.2) is 29.6 Å². The lowest BCUT2D eigenvalue weighted by atomic mass is 10.1. The normalized spacial score (nSPS) is 10.9. The Hall–Kier alpha value is -4.03. The molecule has 5 aromatic rings. The maximum atomic E-state index is 12.8. The van der Waals surface area contributed by atoms with Crippen LogP contribution in [0.1, 0.15) is 21.5 Å². The molecule has 8 nitrogen and oxygen atoms in total. The van der Waals surface area contributed by atoms with Crippen molar-refractivity contribution in [3.05, 3.63) is 121 Å². The lowest BCUT2D eigenvalue weighted by molar-refractivity contribution is -0.118. The van der Waals surface area contributed by atoms with E-state index in [4.69, 9.17) is 16.3 Å². The van der Waals surface area contributed by atoms with Crippen LogP contribution in [0.3, 0.4) is 0 Å². The van der Waals surface area contributed by atoms with E-state index in [2.05, 4.69) is 58.0 Å². The molecule has 1 heterocycles. The van der Waals surface area contributed by atoms with Crippen molar-refractivity contribution >= 4 is 89.3 Å². The molecule has 5 rings (SSSR count). The largest absolute Gasteiger partial charge is 0.482 e. The molecule has 0 aliphatic heterocycles. The molecule has 0 fully saturated rings. The predicted octanol–water partition coefficient (Wildman–Crippen LogP) is 8.82. The maximum Gasteiger partial charge on any atom is 0.271 e. The molecule has 0 atom stereocenters. The summed E-state index contributed by atoms with van der Waals surface area (Å²) in [5, 5.41) is 13.5. The lowest BCUT2D eigenvalue weighted by Crippen LogP contribution is -2.21. The maximum absolute atomic E-state index is 12.8. The van der Waals surface area contributed by atoms with Crippen molar-refractivity contribution in [2.75, 3.05) is 17.2 Å². The number of carbonyl (C=O) groups is 2. The topological polar surface area (TPSA) is 105 Å². The van der Waals surface area contributed by atoms with Crippen LogP contribution in [0.2, 0.25) is 5.02 Å². The van der Waals surface area contributed by atoms with Gasteiger partial charge in [0.1, 0.15) is 5.75 Å². The first-order chi connectivity index (χ1) is 21.2. The summed E-state index contributed by atoms with van der Waals surface area (Å²) < 4.78 is 7.21. The van der Waals surface area contributed by atoms with Crippen molar-refractivity contribution in [3.63, 3.8) is 0 Å². The third kappa shape index (κ3) is 8.54. The first kappa shape index (κ1) is 31.4. The highest BCUT2D eigenvalue weighted by Crippen LogP contribution is 2.32. The van der Waals surface area contributed by atoms with E-state index in [0.717, 1.165) is 32.1 Å². The number of benzene rings is 4. The fourth-order valence-electron chi connectivity index (χ4n) is 4.02. The van der Waals surface area contributed by atoms with Crippen LogP contribution in [0.5, 0.6) is 5.75 Å².